The van der Waals surface area contributed by atoms with Crippen molar-refractivity contribution in [2.75, 3.05) is 6.54 Å². The largest absolute Gasteiger partial charge is 0.507 e. The number of hydrogen-bond donors (Lipinski definition) is 2. The summed E-state index contributed by atoms with van der Waals surface area (Å²) in [6.45, 7) is -0.429. The van der Waals surface area contributed by atoms with E-state index in [1.54, 1.807) is 0 Å². The molecule has 0 aliphatic rings. The molecule has 0 aliphatic carbocycles. The van der Waals surface area contributed by atoms with Crippen molar-refractivity contribution < 1.29 is 14.3 Å². The molecule has 0 spiro atoms. The summed E-state index contributed by atoms with van der Waals surface area (Å²) in [7, 11) is 0. The number of benzene rings is 1. The first kappa shape index (κ1) is 10.7. The molecule has 0 unspecified atom stereocenters. The van der Waals surface area contributed by atoms with Gasteiger partial charge in [-0.25, -0.2) is 4.39 Å². The standard InChI is InChI=1S/C10H12FNO2/c11-6-7-1-2-9(13)8(5-7)10(14)3-4-12/h1-2,5,13H,3-4,6,12H2. The fourth-order valence-electron chi connectivity index (χ4n) is 1.16. The topological polar surface area (TPSA) is 63.3 Å². The summed E-state index contributed by atoms with van der Waals surface area (Å²) >= 11 is 0. The lowest BCUT2D eigenvalue weighted by Gasteiger charge is -2.04. The average molecular weight is 197 g/mol. The van der Waals surface area contributed by atoms with Crippen LogP contribution < -0.4 is 5.73 Å². The minimum absolute atomic E-state index is 0.124. The Morgan fingerprint density at radius 1 is 1.50 bits per heavy atom. The van der Waals surface area contributed by atoms with Crippen molar-refractivity contribution in [3.63, 3.8) is 0 Å². The van der Waals surface area contributed by atoms with Gasteiger partial charge in [0.15, 0.2) is 5.78 Å². The molecule has 0 heterocycles. The second kappa shape index (κ2) is 4.72. The molecule has 14 heavy (non-hydrogen) atoms. The first-order valence-electron chi connectivity index (χ1n) is 4.30. The van der Waals surface area contributed by atoms with Crippen molar-refractivity contribution in [3.8, 4) is 5.75 Å². The molecule has 0 aromatic heterocycles. The van der Waals surface area contributed by atoms with Gasteiger partial charge in [0.1, 0.15) is 12.4 Å². The number of hydrogen-bond acceptors (Lipinski definition) is 3. The van der Waals surface area contributed by atoms with E-state index in [-0.39, 0.29) is 30.1 Å². The molecule has 3 nitrogen and oxygen atoms in total. The molecule has 4 heteroatoms. The number of phenols is 1. The van der Waals surface area contributed by atoms with E-state index in [0.29, 0.717) is 5.56 Å². The van der Waals surface area contributed by atoms with Gasteiger partial charge >= 0.3 is 0 Å². The summed E-state index contributed by atoms with van der Waals surface area (Å²) in [4.78, 5) is 11.4. The number of alkyl halides is 1. The molecule has 0 saturated carbocycles. The highest BCUT2D eigenvalue weighted by Gasteiger charge is 2.10. The maximum absolute atomic E-state index is 12.3. The summed E-state index contributed by atoms with van der Waals surface area (Å²) in [5.41, 5.74) is 5.73. The van der Waals surface area contributed by atoms with Gasteiger partial charge < -0.3 is 10.8 Å². The third-order valence-corrected chi connectivity index (χ3v) is 1.89. The lowest BCUT2D eigenvalue weighted by atomic mass is 10.0. The Morgan fingerprint density at radius 2 is 2.21 bits per heavy atom. The third kappa shape index (κ3) is 2.29. The zero-order valence-electron chi connectivity index (χ0n) is 7.66. The van der Waals surface area contributed by atoms with Gasteiger partial charge in [-0.1, -0.05) is 6.07 Å². The van der Waals surface area contributed by atoms with E-state index in [2.05, 4.69) is 0 Å². The van der Waals surface area contributed by atoms with Crippen molar-refractivity contribution in [2.45, 2.75) is 13.1 Å². The molecule has 0 aliphatic heterocycles. The van der Waals surface area contributed by atoms with Gasteiger partial charge in [-0.3, -0.25) is 4.79 Å². The zero-order valence-corrected chi connectivity index (χ0v) is 7.66. The van der Waals surface area contributed by atoms with Gasteiger partial charge in [-0.2, -0.15) is 0 Å². The van der Waals surface area contributed by atoms with Crippen molar-refractivity contribution in [3.05, 3.63) is 29.3 Å². The van der Waals surface area contributed by atoms with Crippen LogP contribution in [0.15, 0.2) is 18.2 Å². The molecule has 1 aromatic rings. The maximum Gasteiger partial charge on any atom is 0.167 e. The molecule has 0 bridgehead atoms. The van der Waals surface area contributed by atoms with E-state index >= 15 is 0 Å². The van der Waals surface area contributed by atoms with Crippen LogP contribution in [0.3, 0.4) is 0 Å². The quantitative estimate of drug-likeness (QED) is 0.717. The molecule has 0 fully saturated rings. The lowest BCUT2D eigenvalue weighted by Crippen LogP contribution is -2.08. The number of halogens is 1. The third-order valence-electron chi connectivity index (χ3n) is 1.89. The SMILES string of the molecule is NCCC(=O)c1cc(CF)ccc1O. The number of Topliss-reactive ketones (excluding diaryl/α,β-unsaturated/α-hetero) is 1. The van der Waals surface area contributed by atoms with E-state index in [9.17, 15) is 14.3 Å². The molecule has 1 aromatic carbocycles. The predicted molar refractivity (Wildman–Crippen MR) is 50.9 cm³/mol. The van der Waals surface area contributed by atoms with Crippen molar-refractivity contribution in [2.24, 2.45) is 5.73 Å². The van der Waals surface area contributed by atoms with Crippen LogP contribution in [0.4, 0.5) is 4.39 Å². The molecule has 76 valence electrons. The van der Waals surface area contributed by atoms with Crippen LogP contribution in [0.25, 0.3) is 0 Å². The minimum Gasteiger partial charge on any atom is -0.507 e. The second-order valence-electron chi connectivity index (χ2n) is 2.95. The van der Waals surface area contributed by atoms with E-state index in [0.717, 1.165) is 0 Å². The fraction of sp³-hybridized carbons (Fsp3) is 0.300. The van der Waals surface area contributed by atoms with Crippen molar-refractivity contribution in [1.82, 2.24) is 0 Å². The molecule has 1 rings (SSSR count). The first-order chi connectivity index (χ1) is 6.69. The van der Waals surface area contributed by atoms with E-state index < -0.39 is 6.67 Å². The van der Waals surface area contributed by atoms with Gasteiger partial charge in [0.2, 0.25) is 0 Å². The van der Waals surface area contributed by atoms with Gasteiger partial charge in [0, 0.05) is 6.42 Å². The van der Waals surface area contributed by atoms with Gasteiger partial charge in [0.05, 0.1) is 5.56 Å². The Morgan fingerprint density at radius 3 is 2.79 bits per heavy atom. The minimum atomic E-state index is -0.650. The smallest absolute Gasteiger partial charge is 0.167 e. The summed E-state index contributed by atoms with van der Waals surface area (Å²) in [6, 6.07) is 4.11. The van der Waals surface area contributed by atoms with Crippen LogP contribution in [0.5, 0.6) is 5.75 Å². The molecule has 0 radical (unpaired) electrons. The second-order valence-corrected chi connectivity index (χ2v) is 2.95. The van der Waals surface area contributed by atoms with Crippen LogP contribution in [-0.2, 0) is 6.67 Å². The number of phenolic OH excluding ortho intramolecular Hbond substituents is 1. The normalized spacial score (nSPS) is 10.1. The number of carbonyl (C=O) groups is 1. The number of rotatable bonds is 4. The number of aromatic hydroxyl groups is 1. The molecule has 3 N–H and O–H groups in total. The summed E-state index contributed by atoms with van der Waals surface area (Å²) in [5, 5.41) is 9.34. The highest BCUT2D eigenvalue weighted by molar-refractivity contribution is 5.98. The lowest BCUT2D eigenvalue weighted by molar-refractivity contribution is 0.0983. The zero-order chi connectivity index (χ0) is 10.6. The molecule has 0 amide bonds. The fourth-order valence-corrected chi connectivity index (χ4v) is 1.16. The summed E-state index contributed by atoms with van der Waals surface area (Å²) in [6.07, 6.45) is 0.156. The van der Waals surface area contributed by atoms with Crippen LogP contribution in [0.2, 0.25) is 0 Å². The Labute approximate surface area is 81.4 Å². The average Bonchev–Trinajstić information content (AvgIpc) is 2.19. The van der Waals surface area contributed by atoms with Gasteiger partial charge in [0.25, 0.3) is 0 Å². The van der Waals surface area contributed by atoms with Crippen molar-refractivity contribution in [1.29, 1.82) is 0 Å². The summed E-state index contributed by atoms with van der Waals surface area (Å²) < 4.78 is 12.3. The number of nitrogens with two attached hydrogens (primary N) is 1. The van der Waals surface area contributed by atoms with E-state index in [4.69, 9.17) is 5.73 Å². The van der Waals surface area contributed by atoms with Gasteiger partial charge in [-0.15, -0.1) is 0 Å². The molecular formula is C10H12FNO2. The predicted octanol–water partition coefficient (Wildman–Crippen LogP) is 1.39. The van der Waals surface area contributed by atoms with Crippen molar-refractivity contribution >= 4 is 5.78 Å². The van der Waals surface area contributed by atoms with Gasteiger partial charge in [-0.05, 0) is 24.2 Å². The number of ketones is 1. The Kier molecular flexibility index (Phi) is 3.59. The van der Waals surface area contributed by atoms with E-state index in [1.807, 2.05) is 0 Å². The van der Waals surface area contributed by atoms with Crippen LogP contribution in [0.1, 0.15) is 22.3 Å². The summed E-state index contributed by atoms with van der Waals surface area (Å²) in [5.74, 6) is -0.388. The van der Waals surface area contributed by atoms with Crippen LogP contribution in [-0.4, -0.2) is 17.4 Å². The molecular weight excluding hydrogens is 185 g/mol. The van der Waals surface area contributed by atoms with Crippen LogP contribution in [0, 0.1) is 0 Å². The monoisotopic (exact) mass is 197 g/mol. The molecule has 0 atom stereocenters. The highest BCUT2D eigenvalue weighted by atomic mass is 19.1. The molecule has 0 saturated heterocycles. The Hall–Kier alpha value is -1.42. The maximum atomic E-state index is 12.3. The van der Waals surface area contributed by atoms with E-state index in [1.165, 1.54) is 18.2 Å². The highest BCUT2D eigenvalue weighted by Crippen LogP contribution is 2.20. The Bertz CT molecular complexity index is 339. The number of carbonyl (C=O) groups excluding carboxylic acids is 1. The first-order valence-corrected chi connectivity index (χ1v) is 4.30. The van der Waals surface area contributed by atoms with Crippen LogP contribution >= 0.6 is 0 Å². The Balaban J connectivity index is 2.99.